The summed E-state index contributed by atoms with van der Waals surface area (Å²) in [4.78, 5) is 12.7. The molecule has 0 aliphatic heterocycles. The number of rotatable bonds is 7. The fraction of sp³-hybridized carbons (Fsp3) is 0.227. The Hall–Kier alpha value is -2.86. The summed E-state index contributed by atoms with van der Waals surface area (Å²) in [6.07, 6.45) is 1.81. The highest BCUT2D eigenvalue weighted by atomic mass is 32.2. The number of allylic oxidation sites excluding steroid dienone is 1. The van der Waals surface area contributed by atoms with Gasteiger partial charge >= 0.3 is 0 Å². The van der Waals surface area contributed by atoms with E-state index in [0.29, 0.717) is 11.7 Å². The normalized spacial score (nSPS) is 11.8. The molecule has 1 heterocycles. The standard InChI is InChI=1S/C22H24N4OS/c1-5-13-26-20(18-11-8-9-15(2)14-18)24-25-22(26)28-17(4)21(27)23-19-12-7-6-10-16(19)3/h5-12,14,17H,1,13H2,2-4H3,(H,23,27). The van der Waals surface area contributed by atoms with E-state index in [1.165, 1.54) is 11.8 Å². The van der Waals surface area contributed by atoms with E-state index < -0.39 is 0 Å². The fourth-order valence-electron chi connectivity index (χ4n) is 2.83. The van der Waals surface area contributed by atoms with Crippen LogP contribution in [0.1, 0.15) is 18.1 Å². The zero-order chi connectivity index (χ0) is 20.1. The minimum absolute atomic E-state index is 0.0652. The van der Waals surface area contributed by atoms with E-state index in [1.807, 2.05) is 73.9 Å². The maximum absolute atomic E-state index is 12.7. The topological polar surface area (TPSA) is 59.8 Å². The van der Waals surface area contributed by atoms with Crippen molar-refractivity contribution in [3.63, 3.8) is 0 Å². The van der Waals surface area contributed by atoms with Crippen molar-refractivity contribution in [2.24, 2.45) is 0 Å². The second kappa shape index (κ2) is 8.89. The van der Waals surface area contributed by atoms with Gasteiger partial charge in [0.05, 0.1) is 5.25 Å². The lowest BCUT2D eigenvalue weighted by Crippen LogP contribution is -2.23. The number of thioether (sulfide) groups is 1. The molecule has 0 bridgehead atoms. The van der Waals surface area contributed by atoms with Gasteiger partial charge in [-0.15, -0.1) is 16.8 Å². The predicted molar refractivity (Wildman–Crippen MR) is 116 cm³/mol. The third kappa shape index (κ3) is 4.51. The van der Waals surface area contributed by atoms with Gasteiger partial charge in [-0.05, 0) is 38.5 Å². The van der Waals surface area contributed by atoms with E-state index in [1.54, 1.807) is 0 Å². The Labute approximate surface area is 169 Å². The van der Waals surface area contributed by atoms with E-state index >= 15 is 0 Å². The number of para-hydroxylation sites is 1. The molecule has 1 aromatic heterocycles. The van der Waals surface area contributed by atoms with Gasteiger partial charge in [-0.1, -0.05) is 59.8 Å². The first-order valence-electron chi connectivity index (χ1n) is 9.14. The van der Waals surface area contributed by atoms with Crippen LogP contribution in [0.2, 0.25) is 0 Å². The summed E-state index contributed by atoms with van der Waals surface area (Å²) in [5, 5.41) is 12.1. The van der Waals surface area contributed by atoms with Gasteiger partial charge < -0.3 is 5.32 Å². The third-order valence-electron chi connectivity index (χ3n) is 4.36. The molecule has 0 spiro atoms. The summed E-state index contributed by atoms with van der Waals surface area (Å²) in [6.45, 7) is 10.3. The van der Waals surface area contributed by atoms with Crippen LogP contribution in [0.5, 0.6) is 0 Å². The molecule has 28 heavy (non-hydrogen) atoms. The van der Waals surface area contributed by atoms with Crippen molar-refractivity contribution in [3.8, 4) is 11.4 Å². The van der Waals surface area contributed by atoms with Crippen molar-refractivity contribution in [1.29, 1.82) is 0 Å². The molecule has 1 atom stereocenters. The molecular weight excluding hydrogens is 368 g/mol. The zero-order valence-electron chi connectivity index (χ0n) is 16.3. The zero-order valence-corrected chi connectivity index (χ0v) is 17.2. The molecule has 0 saturated heterocycles. The van der Waals surface area contributed by atoms with Gasteiger partial charge in [0.15, 0.2) is 11.0 Å². The molecule has 6 heteroatoms. The van der Waals surface area contributed by atoms with Gasteiger partial charge in [0.1, 0.15) is 0 Å². The summed E-state index contributed by atoms with van der Waals surface area (Å²) < 4.78 is 1.99. The van der Waals surface area contributed by atoms with Gasteiger partial charge in [-0.2, -0.15) is 0 Å². The number of nitrogens with zero attached hydrogens (tertiary/aromatic N) is 3. The first-order valence-corrected chi connectivity index (χ1v) is 10.0. The molecule has 0 radical (unpaired) electrons. The van der Waals surface area contributed by atoms with E-state index in [0.717, 1.165) is 28.2 Å². The number of benzene rings is 2. The molecule has 1 amide bonds. The van der Waals surface area contributed by atoms with E-state index in [-0.39, 0.29) is 11.2 Å². The fourth-order valence-corrected chi connectivity index (χ4v) is 3.68. The van der Waals surface area contributed by atoms with Crippen LogP contribution in [-0.4, -0.2) is 25.9 Å². The predicted octanol–water partition coefficient (Wildman–Crippen LogP) is 4.87. The van der Waals surface area contributed by atoms with Crippen LogP contribution in [0.25, 0.3) is 11.4 Å². The average Bonchev–Trinajstić information content (AvgIpc) is 3.06. The van der Waals surface area contributed by atoms with Crippen molar-refractivity contribution in [1.82, 2.24) is 14.8 Å². The molecule has 144 valence electrons. The second-order valence-electron chi connectivity index (χ2n) is 6.64. The molecule has 3 aromatic rings. The van der Waals surface area contributed by atoms with Crippen LogP contribution in [0, 0.1) is 13.8 Å². The van der Waals surface area contributed by atoms with Gasteiger partial charge in [0.2, 0.25) is 5.91 Å². The van der Waals surface area contributed by atoms with Crippen molar-refractivity contribution in [2.45, 2.75) is 37.7 Å². The van der Waals surface area contributed by atoms with E-state index in [2.05, 4.69) is 28.2 Å². The van der Waals surface area contributed by atoms with Crippen LogP contribution in [0.3, 0.4) is 0 Å². The highest BCUT2D eigenvalue weighted by Crippen LogP contribution is 2.28. The number of anilines is 1. The minimum Gasteiger partial charge on any atom is -0.325 e. The lowest BCUT2D eigenvalue weighted by molar-refractivity contribution is -0.115. The lowest BCUT2D eigenvalue weighted by Gasteiger charge is -2.14. The number of carbonyl (C=O) groups is 1. The molecule has 0 saturated carbocycles. The molecule has 2 aromatic carbocycles. The van der Waals surface area contributed by atoms with E-state index in [4.69, 9.17) is 0 Å². The number of nitrogens with one attached hydrogen (secondary N) is 1. The Balaban J connectivity index is 1.80. The monoisotopic (exact) mass is 392 g/mol. The molecule has 5 nitrogen and oxygen atoms in total. The molecule has 1 unspecified atom stereocenters. The number of amides is 1. The Bertz CT molecular complexity index is 996. The van der Waals surface area contributed by atoms with E-state index in [9.17, 15) is 4.79 Å². The molecule has 0 fully saturated rings. The molecule has 0 aliphatic rings. The lowest BCUT2D eigenvalue weighted by atomic mass is 10.1. The third-order valence-corrected chi connectivity index (χ3v) is 5.44. The maximum atomic E-state index is 12.7. The number of hydrogen-bond donors (Lipinski definition) is 1. The minimum atomic E-state index is -0.322. The van der Waals surface area contributed by atoms with Crippen molar-refractivity contribution >= 4 is 23.4 Å². The van der Waals surface area contributed by atoms with Gasteiger partial charge in [-0.3, -0.25) is 9.36 Å². The first-order chi connectivity index (χ1) is 13.5. The van der Waals surface area contributed by atoms with Crippen molar-refractivity contribution in [2.75, 3.05) is 5.32 Å². The summed E-state index contributed by atoms with van der Waals surface area (Å²) in [6, 6.07) is 15.9. The summed E-state index contributed by atoms with van der Waals surface area (Å²) in [5.74, 6) is 0.710. The highest BCUT2D eigenvalue weighted by Gasteiger charge is 2.21. The molecular formula is C22H24N4OS. The van der Waals surface area contributed by atoms with Crippen molar-refractivity contribution < 1.29 is 4.79 Å². The smallest absolute Gasteiger partial charge is 0.237 e. The van der Waals surface area contributed by atoms with Gasteiger partial charge in [0, 0.05) is 17.8 Å². The number of aryl methyl sites for hydroxylation is 2. The maximum Gasteiger partial charge on any atom is 0.237 e. The highest BCUT2D eigenvalue weighted by molar-refractivity contribution is 8.00. The van der Waals surface area contributed by atoms with Crippen LogP contribution in [-0.2, 0) is 11.3 Å². The molecule has 1 N–H and O–H groups in total. The molecule has 3 rings (SSSR count). The first kappa shape index (κ1) is 19.9. The quantitative estimate of drug-likeness (QED) is 0.460. The van der Waals surface area contributed by atoms with Gasteiger partial charge in [0.25, 0.3) is 0 Å². The van der Waals surface area contributed by atoms with Crippen LogP contribution >= 0.6 is 11.8 Å². The molecule has 0 aliphatic carbocycles. The summed E-state index contributed by atoms with van der Waals surface area (Å²) >= 11 is 1.39. The number of carbonyl (C=O) groups excluding carboxylic acids is 1. The summed E-state index contributed by atoms with van der Waals surface area (Å²) in [5.41, 5.74) is 4.02. The average molecular weight is 393 g/mol. The Morgan fingerprint density at radius 3 is 2.71 bits per heavy atom. The second-order valence-corrected chi connectivity index (χ2v) is 7.95. The summed E-state index contributed by atoms with van der Waals surface area (Å²) in [7, 11) is 0. The van der Waals surface area contributed by atoms with Crippen LogP contribution < -0.4 is 5.32 Å². The Morgan fingerprint density at radius 2 is 2.00 bits per heavy atom. The largest absolute Gasteiger partial charge is 0.325 e. The van der Waals surface area contributed by atoms with Crippen LogP contribution in [0.4, 0.5) is 5.69 Å². The Morgan fingerprint density at radius 1 is 1.21 bits per heavy atom. The van der Waals surface area contributed by atoms with Gasteiger partial charge in [-0.25, -0.2) is 0 Å². The number of aromatic nitrogens is 3. The number of hydrogen-bond acceptors (Lipinski definition) is 4. The Kier molecular flexibility index (Phi) is 6.31. The van der Waals surface area contributed by atoms with Crippen LogP contribution in [0.15, 0.2) is 66.3 Å². The SMILES string of the molecule is C=CCn1c(SC(C)C(=O)Nc2ccccc2C)nnc1-c1cccc(C)c1. The van der Waals surface area contributed by atoms with Crippen molar-refractivity contribution in [3.05, 3.63) is 72.3 Å².